The number of aliphatic hydroxyl groups is 1. The zero-order chi connectivity index (χ0) is 8.55. The van der Waals surface area contributed by atoms with Crippen LogP contribution in [0.15, 0.2) is 24.5 Å². The molecule has 0 aliphatic rings. The zero-order valence-electron chi connectivity index (χ0n) is 6.24. The van der Waals surface area contributed by atoms with Crippen LogP contribution >= 0.6 is 0 Å². The maximum absolute atomic E-state index is 12.6. The Balaban J connectivity index is 2.67. The van der Waals surface area contributed by atoms with Gasteiger partial charge in [-0.3, -0.25) is 0 Å². The van der Waals surface area contributed by atoms with Gasteiger partial charge in [-0.2, -0.15) is 0 Å². The second-order valence-electron chi connectivity index (χ2n) is 2.50. The second kappa shape index (κ2) is 2.57. The van der Waals surface area contributed by atoms with Gasteiger partial charge in [-0.05, 0) is 12.1 Å². The van der Waals surface area contributed by atoms with Crippen molar-refractivity contribution < 1.29 is 9.50 Å². The SMILES string of the molecule is OCc1cn2cc(F)ccc2n1. The summed E-state index contributed by atoms with van der Waals surface area (Å²) in [4.78, 5) is 4.02. The first-order valence-corrected chi connectivity index (χ1v) is 3.53. The van der Waals surface area contributed by atoms with Gasteiger partial charge in [-0.1, -0.05) is 0 Å². The van der Waals surface area contributed by atoms with Gasteiger partial charge in [0.2, 0.25) is 0 Å². The maximum atomic E-state index is 12.6. The quantitative estimate of drug-likeness (QED) is 0.685. The van der Waals surface area contributed by atoms with Crippen LogP contribution in [0.1, 0.15) is 5.69 Å². The molecule has 3 nitrogen and oxygen atoms in total. The Hall–Kier alpha value is -1.42. The van der Waals surface area contributed by atoms with Crippen molar-refractivity contribution >= 4 is 5.65 Å². The summed E-state index contributed by atoms with van der Waals surface area (Å²) in [5.41, 5.74) is 1.18. The van der Waals surface area contributed by atoms with Crippen molar-refractivity contribution in [1.82, 2.24) is 9.38 Å². The van der Waals surface area contributed by atoms with Crippen LogP contribution in [0.2, 0.25) is 0 Å². The Morgan fingerprint density at radius 2 is 2.25 bits per heavy atom. The van der Waals surface area contributed by atoms with Crippen molar-refractivity contribution in [3.05, 3.63) is 36.0 Å². The van der Waals surface area contributed by atoms with Crippen LogP contribution in [0.5, 0.6) is 0 Å². The van der Waals surface area contributed by atoms with Gasteiger partial charge in [-0.25, -0.2) is 9.37 Å². The summed E-state index contributed by atoms with van der Waals surface area (Å²) in [6, 6.07) is 2.90. The van der Waals surface area contributed by atoms with E-state index in [1.165, 1.54) is 12.3 Å². The molecule has 0 radical (unpaired) electrons. The predicted octanol–water partition coefficient (Wildman–Crippen LogP) is 0.966. The Bertz CT molecular complexity index is 410. The van der Waals surface area contributed by atoms with Crippen LogP contribution in [0.3, 0.4) is 0 Å². The molecule has 2 aromatic heterocycles. The summed E-state index contributed by atoms with van der Waals surface area (Å²) in [5, 5.41) is 8.74. The summed E-state index contributed by atoms with van der Waals surface area (Å²) < 4.78 is 14.2. The number of nitrogens with zero attached hydrogens (tertiary/aromatic N) is 2. The van der Waals surface area contributed by atoms with Crippen molar-refractivity contribution in [2.24, 2.45) is 0 Å². The van der Waals surface area contributed by atoms with Crippen molar-refractivity contribution in [2.45, 2.75) is 6.61 Å². The molecule has 0 aliphatic carbocycles. The molecule has 0 saturated carbocycles. The van der Waals surface area contributed by atoms with Crippen LogP contribution in [0.25, 0.3) is 5.65 Å². The van der Waals surface area contributed by atoms with E-state index in [1.807, 2.05) is 0 Å². The molecular weight excluding hydrogens is 159 g/mol. The van der Waals surface area contributed by atoms with E-state index < -0.39 is 0 Å². The van der Waals surface area contributed by atoms with E-state index in [0.717, 1.165) is 0 Å². The fourth-order valence-corrected chi connectivity index (χ4v) is 1.09. The molecule has 12 heavy (non-hydrogen) atoms. The highest BCUT2D eigenvalue weighted by atomic mass is 19.1. The third kappa shape index (κ3) is 1.06. The average Bonchev–Trinajstić information content (AvgIpc) is 2.46. The first kappa shape index (κ1) is 7.24. The fraction of sp³-hybridized carbons (Fsp3) is 0.125. The summed E-state index contributed by atoms with van der Waals surface area (Å²) in [5.74, 6) is -0.315. The lowest BCUT2D eigenvalue weighted by molar-refractivity contribution is 0.277. The fourth-order valence-electron chi connectivity index (χ4n) is 1.09. The Kier molecular flexibility index (Phi) is 1.55. The van der Waals surface area contributed by atoms with Crippen molar-refractivity contribution in [1.29, 1.82) is 0 Å². The second-order valence-corrected chi connectivity index (χ2v) is 2.50. The number of hydrogen-bond donors (Lipinski definition) is 1. The Morgan fingerprint density at radius 1 is 1.42 bits per heavy atom. The molecule has 0 unspecified atom stereocenters. The predicted molar refractivity (Wildman–Crippen MR) is 41.1 cm³/mol. The minimum absolute atomic E-state index is 0.122. The zero-order valence-corrected chi connectivity index (χ0v) is 6.24. The van der Waals surface area contributed by atoms with E-state index in [-0.39, 0.29) is 12.4 Å². The molecular formula is C8H7FN2O. The molecule has 2 rings (SSSR count). The van der Waals surface area contributed by atoms with Gasteiger partial charge in [0, 0.05) is 12.4 Å². The van der Waals surface area contributed by atoms with Gasteiger partial charge in [0.05, 0.1) is 12.3 Å². The van der Waals surface area contributed by atoms with E-state index in [0.29, 0.717) is 11.3 Å². The van der Waals surface area contributed by atoms with Gasteiger partial charge < -0.3 is 9.51 Å². The molecule has 4 heteroatoms. The minimum atomic E-state index is -0.315. The lowest BCUT2D eigenvalue weighted by Gasteiger charge is -1.90. The van der Waals surface area contributed by atoms with Crippen molar-refractivity contribution in [3.8, 4) is 0 Å². The summed E-state index contributed by atoms with van der Waals surface area (Å²) in [7, 11) is 0. The van der Waals surface area contributed by atoms with Crippen LogP contribution in [-0.2, 0) is 6.61 Å². The number of rotatable bonds is 1. The van der Waals surface area contributed by atoms with Gasteiger partial charge in [-0.15, -0.1) is 0 Å². The van der Waals surface area contributed by atoms with E-state index in [1.54, 1.807) is 16.7 Å². The topological polar surface area (TPSA) is 37.5 Å². The standard InChI is InChI=1S/C8H7FN2O/c9-6-1-2-8-10-7(5-12)4-11(8)3-6/h1-4,12H,5H2. The highest BCUT2D eigenvalue weighted by molar-refractivity contribution is 5.39. The van der Waals surface area contributed by atoms with Crippen molar-refractivity contribution in [2.75, 3.05) is 0 Å². The number of fused-ring (bicyclic) bond motifs is 1. The average molecular weight is 166 g/mol. The highest BCUT2D eigenvalue weighted by Crippen LogP contribution is 2.06. The number of aromatic nitrogens is 2. The first-order chi connectivity index (χ1) is 5.79. The molecule has 1 N–H and O–H groups in total. The Labute approximate surface area is 68.1 Å². The monoisotopic (exact) mass is 166 g/mol. The molecule has 0 saturated heterocycles. The largest absolute Gasteiger partial charge is 0.390 e. The lowest BCUT2D eigenvalue weighted by Crippen LogP contribution is -1.83. The van der Waals surface area contributed by atoms with Crippen LogP contribution in [0, 0.1) is 5.82 Å². The molecule has 0 fully saturated rings. The van der Waals surface area contributed by atoms with E-state index in [2.05, 4.69) is 4.98 Å². The van der Waals surface area contributed by atoms with E-state index in [4.69, 9.17) is 5.11 Å². The molecule has 0 aromatic carbocycles. The molecule has 0 atom stereocenters. The minimum Gasteiger partial charge on any atom is -0.390 e. The van der Waals surface area contributed by atoms with Crippen LogP contribution < -0.4 is 0 Å². The molecule has 0 aliphatic heterocycles. The molecule has 2 aromatic rings. The lowest BCUT2D eigenvalue weighted by atomic mass is 10.5. The van der Waals surface area contributed by atoms with Gasteiger partial charge >= 0.3 is 0 Å². The van der Waals surface area contributed by atoms with Gasteiger partial charge in [0.15, 0.2) is 0 Å². The maximum Gasteiger partial charge on any atom is 0.139 e. The van der Waals surface area contributed by atoms with E-state index in [9.17, 15) is 4.39 Å². The van der Waals surface area contributed by atoms with Crippen LogP contribution in [0.4, 0.5) is 4.39 Å². The molecule has 0 bridgehead atoms. The summed E-state index contributed by atoms with van der Waals surface area (Å²) in [6.45, 7) is -0.122. The molecule has 0 spiro atoms. The molecule has 2 heterocycles. The summed E-state index contributed by atoms with van der Waals surface area (Å²) >= 11 is 0. The third-order valence-corrected chi connectivity index (χ3v) is 1.63. The molecule has 0 amide bonds. The van der Waals surface area contributed by atoms with Gasteiger partial charge in [0.1, 0.15) is 11.5 Å². The Morgan fingerprint density at radius 3 is 3.00 bits per heavy atom. The number of imidazole rings is 1. The smallest absolute Gasteiger partial charge is 0.139 e. The van der Waals surface area contributed by atoms with Gasteiger partial charge in [0.25, 0.3) is 0 Å². The third-order valence-electron chi connectivity index (χ3n) is 1.63. The summed E-state index contributed by atoms with van der Waals surface area (Å²) in [6.07, 6.45) is 2.92. The van der Waals surface area contributed by atoms with E-state index >= 15 is 0 Å². The normalized spacial score (nSPS) is 10.8. The van der Waals surface area contributed by atoms with Crippen LogP contribution in [-0.4, -0.2) is 14.5 Å². The highest BCUT2D eigenvalue weighted by Gasteiger charge is 1.99. The molecule has 62 valence electrons. The number of pyridine rings is 1. The first-order valence-electron chi connectivity index (χ1n) is 3.53. The van der Waals surface area contributed by atoms with Crippen molar-refractivity contribution in [3.63, 3.8) is 0 Å². The number of hydrogen-bond acceptors (Lipinski definition) is 2. The number of halogens is 1. The number of aliphatic hydroxyl groups excluding tert-OH is 1.